The van der Waals surface area contributed by atoms with Crippen molar-refractivity contribution in [1.82, 2.24) is 0 Å². The Kier molecular flexibility index (Phi) is 5.74. The van der Waals surface area contributed by atoms with E-state index < -0.39 is 37.3 Å². The van der Waals surface area contributed by atoms with Crippen molar-refractivity contribution in [3.8, 4) is 17.6 Å². The van der Waals surface area contributed by atoms with Crippen LogP contribution in [-0.2, 0) is 4.74 Å². The molecule has 1 saturated heterocycles. The summed E-state index contributed by atoms with van der Waals surface area (Å²) in [7, 11) is 0. The third kappa shape index (κ3) is 3.75. The Morgan fingerprint density at radius 2 is 1.68 bits per heavy atom. The van der Waals surface area contributed by atoms with Crippen molar-refractivity contribution in [2.24, 2.45) is 0 Å². The Labute approximate surface area is 127 Å². The van der Waals surface area contributed by atoms with Crippen LogP contribution in [0.2, 0.25) is 0 Å². The van der Waals surface area contributed by atoms with Crippen LogP contribution >= 0.6 is 0 Å². The maximum Gasteiger partial charge on any atom is 0.229 e. The smallest absolute Gasteiger partial charge is 0.229 e. The van der Waals surface area contributed by atoms with Gasteiger partial charge in [0.25, 0.3) is 0 Å². The second-order valence-electron chi connectivity index (χ2n) is 4.80. The van der Waals surface area contributed by atoms with Crippen LogP contribution in [0.15, 0.2) is 24.3 Å². The molecule has 1 aliphatic heterocycles. The first-order chi connectivity index (χ1) is 10.6. The summed E-state index contributed by atoms with van der Waals surface area (Å²) in [6, 6.07) is 6.48. The summed E-state index contributed by atoms with van der Waals surface area (Å²) in [5.41, 5.74) is 0.676. The molecule has 0 spiro atoms. The second-order valence-corrected chi connectivity index (χ2v) is 4.80. The van der Waals surface area contributed by atoms with Crippen molar-refractivity contribution < 1.29 is 35.0 Å². The maximum atomic E-state index is 9.86. The molecule has 5 N–H and O–H groups in total. The molecular formula is C15H18O7. The minimum Gasteiger partial charge on any atom is -0.462 e. The van der Waals surface area contributed by atoms with E-state index in [2.05, 4.69) is 11.8 Å². The van der Waals surface area contributed by atoms with Crippen molar-refractivity contribution in [1.29, 1.82) is 0 Å². The SMILES string of the molecule is OCC#Cc1ccc(O[C@H]2O[C@H](CO)[C@@H](O)[C@H](O)[C@@H]2O)cc1. The standard InChI is InChI=1S/C15H18O7/c16-7-1-2-9-3-5-10(6-4-9)21-15-14(20)13(19)12(18)11(8-17)22-15/h3-6,11-20H,7-8H2/t11-,12-,13+,14+,15+/m1/s1. The Balaban J connectivity index is 2.05. The zero-order chi connectivity index (χ0) is 16.1. The number of hydrogen-bond donors (Lipinski definition) is 5. The number of benzene rings is 1. The molecule has 1 fully saturated rings. The van der Waals surface area contributed by atoms with E-state index in [9.17, 15) is 15.3 Å². The Morgan fingerprint density at radius 3 is 2.27 bits per heavy atom. The molecule has 5 atom stereocenters. The molecule has 0 amide bonds. The topological polar surface area (TPSA) is 120 Å². The fourth-order valence-corrected chi connectivity index (χ4v) is 2.06. The third-order valence-electron chi connectivity index (χ3n) is 3.27. The largest absolute Gasteiger partial charge is 0.462 e. The highest BCUT2D eigenvalue weighted by Crippen LogP contribution is 2.24. The van der Waals surface area contributed by atoms with Crippen LogP contribution in [0, 0.1) is 11.8 Å². The average Bonchev–Trinajstić information content (AvgIpc) is 2.54. The zero-order valence-corrected chi connectivity index (χ0v) is 11.7. The summed E-state index contributed by atoms with van der Waals surface area (Å²) in [5.74, 6) is 5.59. The van der Waals surface area contributed by atoms with Crippen LogP contribution in [-0.4, -0.2) is 69.5 Å². The zero-order valence-electron chi connectivity index (χ0n) is 11.7. The van der Waals surface area contributed by atoms with Crippen LogP contribution in [0.3, 0.4) is 0 Å². The number of ether oxygens (including phenoxy) is 2. The fraction of sp³-hybridized carbons (Fsp3) is 0.467. The van der Waals surface area contributed by atoms with Gasteiger partial charge in [0.05, 0.1) is 6.61 Å². The first-order valence-electron chi connectivity index (χ1n) is 6.73. The molecule has 0 unspecified atom stereocenters. The van der Waals surface area contributed by atoms with Gasteiger partial charge in [0, 0.05) is 5.56 Å². The van der Waals surface area contributed by atoms with Gasteiger partial charge in [0.1, 0.15) is 36.8 Å². The highest BCUT2D eigenvalue weighted by Gasteiger charge is 2.44. The lowest BCUT2D eigenvalue weighted by atomic mass is 9.99. The van der Waals surface area contributed by atoms with Crippen molar-refractivity contribution in [2.45, 2.75) is 30.7 Å². The molecule has 0 saturated carbocycles. The maximum absolute atomic E-state index is 9.86. The third-order valence-corrected chi connectivity index (χ3v) is 3.27. The summed E-state index contributed by atoms with van der Waals surface area (Å²) < 4.78 is 10.7. The monoisotopic (exact) mass is 310 g/mol. The van der Waals surface area contributed by atoms with E-state index in [1.54, 1.807) is 24.3 Å². The van der Waals surface area contributed by atoms with Gasteiger partial charge in [-0.25, -0.2) is 0 Å². The van der Waals surface area contributed by atoms with Gasteiger partial charge in [-0.3, -0.25) is 0 Å². The Hall–Kier alpha value is -1.66. The van der Waals surface area contributed by atoms with Crippen molar-refractivity contribution in [3.63, 3.8) is 0 Å². The molecule has 0 aromatic heterocycles. The van der Waals surface area contributed by atoms with E-state index in [0.29, 0.717) is 11.3 Å². The lowest BCUT2D eigenvalue weighted by Crippen LogP contribution is -2.60. The molecule has 1 heterocycles. The predicted octanol–water partition coefficient (Wildman–Crippen LogP) is -1.79. The van der Waals surface area contributed by atoms with Crippen LogP contribution in [0.4, 0.5) is 0 Å². The average molecular weight is 310 g/mol. The highest BCUT2D eigenvalue weighted by molar-refractivity contribution is 5.38. The van der Waals surface area contributed by atoms with E-state index in [1.807, 2.05) is 0 Å². The van der Waals surface area contributed by atoms with Crippen molar-refractivity contribution in [3.05, 3.63) is 29.8 Å². The molecule has 2 rings (SSSR count). The van der Waals surface area contributed by atoms with Gasteiger partial charge in [-0.2, -0.15) is 0 Å². The van der Waals surface area contributed by atoms with Crippen molar-refractivity contribution >= 4 is 0 Å². The summed E-state index contributed by atoms with van der Waals surface area (Å²) in [5, 5.41) is 46.9. The minimum absolute atomic E-state index is 0.233. The predicted molar refractivity (Wildman–Crippen MR) is 74.8 cm³/mol. The molecule has 22 heavy (non-hydrogen) atoms. The molecule has 1 aliphatic rings. The van der Waals surface area contributed by atoms with E-state index in [4.69, 9.17) is 19.7 Å². The normalized spacial score (nSPS) is 31.2. The molecule has 7 heteroatoms. The number of rotatable bonds is 3. The summed E-state index contributed by atoms with van der Waals surface area (Å²) in [6.45, 7) is -0.746. The van der Waals surface area contributed by atoms with Crippen molar-refractivity contribution in [2.75, 3.05) is 13.2 Å². The number of aliphatic hydroxyl groups excluding tert-OH is 5. The van der Waals surface area contributed by atoms with Gasteiger partial charge in [-0.15, -0.1) is 0 Å². The molecular weight excluding hydrogens is 292 g/mol. The van der Waals surface area contributed by atoms with E-state index in [1.165, 1.54) is 0 Å². The van der Waals surface area contributed by atoms with Gasteiger partial charge in [0.2, 0.25) is 6.29 Å². The second kappa shape index (κ2) is 7.56. The molecule has 0 aliphatic carbocycles. The first-order valence-corrected chi connectivity index (χ1v) is 6.73. The van der Waals surface area contributed by atoms with E-state index >= 15 is 0 Å². The Bertz CT molecular complexity index is 531. The molecule has 7 nitrogen and oxygen atoms in total. The molecule has 120 valence electrons. The quantitative estimate of drug-likeness (QED) is 0.418. The summed E-state index contributed by atoms with van der Waals surface area (Å²) in [4.78, 5) is 0. The lowest BCUT2D eigenvalue weighted by Gasteiger charge is -2.39. The first kappa shape index (κ1) is 16.7. The van der Waals surface area contributed by atoms with Crippen LogP contribution in [0.25, 0.3) is 0 Å². The van der Waals surface area contributed by atoms with Gasteiger partial charge < -0.3 is 35.0 Å². The van der Waals surface area contributed by atoms with Gasteiger partial charge in [0.15, 0.2) is 0 Å². The van der Waals surface area contributed by atoms with Gasteiger partial charge in [-0.05, 0) is 24.3 Å². The van der Waals surface area contributed by atoms with E-state index in [0.717, 1.165) is 0 Å². The number of aliphatic hydroxyl groups is 5. The summed E-state index contributed by atoms with van der Waals surface area (Å²) >= 11 is 0. The van der Waals surface area contributed by atoms with Crippen LogP contribution in [0.5, 0.6) is 5.75 Å². The van der Waals surface area contributed by atoms with Gasteiger partial charge >= 0.3 is 0 Å². The Morgan fingerprint density at radius 1 is 1.00 bits per heavy atom. The lowest BCUT2D eigenvalue weighted by molar-refractivity contribution is -0.277. The fourth-order valence-electron chi connectivity index (χ4n) is 2.06. The van der Waals surface area contributed by atoms with E-state index in [-0.39, 0.29) is 6.61 Å². The molecule has 0 radical (unpaired) electrons. The number of hydrogen-bond acceptors (Lipinski definition) is 7. The minimum atomic E-state index is -1.48. The summed E-state index contributed by atoms with van der Waals surface area (Å²) in [6.07, 6.45) is -6.59. The highest BCUT2D eigenvalue weighted by atomic mass is 16.7. The van der Waals surface area contributed by atoms with Crippen LogP contribution < -0.4 is 4.74 Å². The molecule has 1 aromatic rings. The van der Waals surface area contributed by atoms with Crippen LogP contribution in [0.1, 0.15) is 5.56 Å². The molecule has 0 bridgehead atoms. The molecule has 1 aromatic carbocycles. The van der Waals surface area contributed by atoms with Gasteiger partial charge in [-0.1, -0.05) is 11.8 Å².